The van der Waals surface area contributed by atoms with Crippen molar-refractivity contribution >= 4 is 17.5 Å². The van der Waals surface area contributed by atoms with Crippen LogP contribution in [0.3, 0.4) is 0 Å². The van der Waals surface area contributed by atoms with Crippen LogP contribution in [0.5, 0.6) is 0 Å². The van der Waals surface area contributed by atoms with Gasteiger partial charge in [0.15, 0.2) is 0 Å². The van der Waals surface area contributed by atoms with Crippen molar-refractivity contribution in [1.82, 2.24) is 10.6 Å². The average molecular weight is 317 g/mol. The predicted octanol–water partition coefficient (Wildman–Crippen LogP) is 1.46. The quantitative estimate of drug-likeness (QED) is 0.833. The van der Waals surface area contributed by atoms with E-state index < -0.39 is 12.1 Å². The maximum absolute atomic E-state index is 12.2. The van der Waals surface area contributed by atoms with Crippen LogP contribution in [0.15, 0.2) is 35.5 Å². The first kappa shape index (κ1) is 17.0. The number of hydrogen-bond donors (Lipinski definition) is 2. The molecule has 2 N–H and O–H groups in total. The number of rotatable bonds is 6. The van der Waals surface area contributed by atoms with Gasteiger partial charge in [-0.05, 0) is 18.4 Å². The Kier molecular flexibility index (Phi) is 5.73. The van der Waals surface area contributed by atoms with E-state index in [0.29, 0.717) is 18.9 Å². The third kappa shape index (κ3) is 4.81. The molecule has 1 aliphatic heterocycles. The van der Waals surface area contributed by atoms with Gasteiger partial charge in [0.2, 0.25) is 12.0 Å². The SMILES string of the molecule is CC(C)CNC(=O)[C@@H](C)NC(=O)[C@H]1CC(c2ccccc2)=NO1. The van der Waals surface area contributed by atoms with Crippen LogP contribution in [-0.4, -0.2) is 36.2 Å². The second-order valence-corrected chi connectivity index (χ2v) is 6.07. The largest absolute Gasteiger partial charge is 0.382 e. The monoisotopic (exact) mass is 317 g/mol. The minimum atomic E-state index is -0.689. The highest BCUT2D eigenvalue weighted by atomic mass is 16.6. The van der Waals surface area contributed by atoms with Crippen molar-refractivity contribution < 1.29 is 14.4 Å². The molecule has 1 heterocycles. The molecule has 0 saturated heterocycles. The van der Waals surface area contributed by atoms with E-state index in [1.165, 1.54) is 0 Å². The van der Waals surface area contributed by atoms with Gasteiger partial charge in [0.05, 0.1) is 5.71 Å². The van der Waals surface area contributed by atoms with Gasteiger partial charge in [-0.1, -0.05) is 49.3 Å². The lowest BCUT2D eigenvalue weighted by Gasteiger charge is -2.16. The van der Waals surface area contributed by atoms with Crippen molar-refractivity contribution in [1.29, 1.82) is 0 Å². The van der Waals surface area contributed by atoms with Crippen molar-refractivity contribution in [3.8, 4) is 0 Å². The summed E-state index contributed by atoms with van der Waals surface area (Å²) in [6, 6.07) is 8.97. The van der Waals surface area contributed by atoms with Gasteiger partial charge in [0.1, 0.15) is 6.04 Å². The summed E-state index contributed by atoms with van der Waals surface area (Å²) < 4.78 is 0. The molecule has 0 aromatic heterocycles. The van der Waals surface area contributed by atoms with Crippen LogP contribution in [0, 0.1) is 5.92 Å². The number of carbonyl (C=O) groups excluding carboxylic acids is 2. The highest BCUT2D eigenvalue weighted by Crippen LogP contribution is 2.16. The molecule has 6 nitrogen and oxygen atoms in total. The number of nitrogens with zero attached hydrogens (tertiary/aromatic N) is 1. The van der Waals surface area contributed by atoms with Crippen LogP contribution in [0.1, 0.15) is 32.8 Å². The number of hydrogen-bond acceptors (Lipinski definition) is 4. The lowest BCUT2D eigenvalue weighted by Crippen LogP contribution is -2.48. The Morgan fingerprint density at radius 2 is 1.96 bits per heavy atom. The van der Waals surface area contributed by atoms with Gasteiger partial charge in [-0.15, -0.1) is 0 Å². The highest BCUT2D eigenvalue weighted by Gasteiger charge is 2.30. The average Bonchev–Trinajstić information content (AvgIpc) is 3.03. The van der Waals surface area contributed by atoms with Crippen LogP contribution in [0.2, 0.25) is 0 Å². The Bertz CT molecular complexity index is 584. The Balaban J connectivity index is 1.82. The Labute approximate surface area is 136 Å². The predicted molar refractivity (Wildman–Crippen MR) is 87.9 cm³/mol. The topological polar surface area (TPSA) is 79.8 Å². The third-order valence-corrected chi connectivity index (χ3v) is 3.50. The molecule has 0 bridgehead atoms. The van der Waals surface area contributed by atoms with E-state index in [1.807, 2.05) is 44.2 Å². The van der Waals surface area contributed by atoms with Crippen molar-refractivity contribution in [3.63, 3.8) is 0 Å². The zero-order chi connectivity index (χ0) is 16.8. The van der Waals surface area contributed by atoms with Crippen LogP contribution in [0.25, 0.3) is 0 Å². The summed E-state index contributed by atoms with van der Waals surface area (Å²) in [6.45, 7) is 6.26. The second-order valence-electron chi connectivity index (χ2n) is 6.07. The fourth-order valence-corrected chi connectivity index (χ4v) is 2.15. The minimum absolute atomic E-state index is 0.200. The Hall–Kier alpha value is -2.37. The fourth-order valence-electron chi connectivity index (χ4n) is 2.15. The molecule has 23 heavy (non-hydrogen) atoms. The van der Waals surface area contributed by atoms with E-state index in [0.717, 1.165) is 11.3 Å². The number of oxime groups is 1. The third-order valence-electron chi connectivity index (χ3n) is 3.50. The smallest absolute Gasteiger partial charge is 0.264 e. The van der Waals surface area contributed by atoms with Crippen molar-refractivity contribution in [2.45, 2.75) is 39.3 Å². The summed E-state index contributed by atoms with van der Waals surface area (Å²) in [5.41, 5.74) is 1.67. The standard InChI is InChI=1S/C17H23N3O3/c1-11(2)10-18-16(21)12(3)19-17(22)15-9-14(20-23-15)13-7-5-4-6-8-13/h4-8,11-12,15H,9-10H2,1-3H3,(H,18,21)(H,19,22)/t12-,15-/m1/s1. The molecule has 1 aliphatic rings. The van der Waals surface area contributed by atoms with Gasteiger partial charge in [0, 0.05) is 13.0 Å². The van der Waals surface area contributed by atoms with Crippen molar-refractivity contribution in [3.05, 3.63) is 35.9 Å². The molecule has 0 fully saturated rings. The van der Waals surface area contributed by atoms with E-state index in [2.05, 4.69) is 15.8 Å². The maximum atomic E-state index is 12.2. The molecule has 2 amide bonds. The molecule has 1 aromatic carbocycles. The summed E-state index contributed by atoms with van der Waals surface area (Å²) in [7, 11) is 0. The molecule has 0 saturated carbocycles. The summed E-state index contributed by atoms with van der Waals surface area (Å²) in [6.07, 6.45) is -0.290. The Morgan fingerprint density at radius 1 is 1.26 bits per heavy atom. The minimum Gasteiger partial charge on any atom is -0.382 e. The van der Waals surface area contributed by atoms with Crippen molar-refractivity contribution in [2.75, 3.05) is 6.54 Å². The zero-order valence-electron chi connectivity index (χ0n) is 13.7. The van der Waals surface area contributed by atoms with Crippen molar-refractivity contribution in [2.24, 2.45) is 11.1 Å². The van der Waals surface area contributed by atoms with Crippen LogP contribution < -0.4 is 10.6 Å². The number of benzene rings is 1. The molecule has 1 aromatic rings. The number of nitrogens with one attached hydrogen (secondary N) is 2. The summed E-state index contributed by atoms with van der Waals surface area (Å²) in [4.78, 5) is 29.3. The van der Waals surface area contributed by atoms with Gasteiger partial charge in [0.25, 0.3) is 5.91 Å². The van der Waals surface area contributed by atoms with Gasteiger partial charge in [-0.25, -0.2) is 0 Å². The van der Waals surface area contributed by atoms with E-state index in [4.69, 9.17) is 4.84 Å². The molecular weight excluding hydrogens is 294 g/mol. The summed E-state index contributed by atoms with van der Waals surface area (Å²) >= 11 is 0. The summed E-state index contributed by atoms with van der Waals surface area (Å²) in [5, 5.41) is 9.43. The van der Waals surface area contributed by atoms with E-state index >= 15 is 0 Å². The first-order chi connectivity index (χ1) is 11.0. The van der Waals surface area contributed by atoms with E-state index in [9.17, 15) is 9.59 Å². The number of amides is 2. The molecule has 0 radical (unpaired) electrons. The normalized spacial score (nSPS) is 18.1. The molecular formula is C17H23N3O3. The van der Waals surface area contributed by atoms with Crippen LogP contribution >= 0.6 is 0 Å². The molecule has 124 valence electrons. The Morgan fingerprint density at radius 3 is 2.61 bits per heavy atom. The number of carbonyl (C=O) groups is 2. The van der Waals surface area contributed by atoms with Gasteiger partial charge in [-0.3, -0.25) is 9.59 Å². The molecule has 0 unspecified atom stereocenters. The molecule has 6 heteroatoms. The van der Waals surface area contributed by atoms with Crippen LogP contribution in [0.4, 0.5) is 0 Å². The van der Waals surface area contributed by atoms with Gasteiger partial charge >= 0.3 is 0 Å². The highest BCUT2D eigenvalue weighted by molar-refractivity contribution is 6.04. The van der Waals surface area contributed by atoms with Gasteiger partial charge < -0.3 is 15.5 Å². The molecule has 2 rings (SSSR count). The molecule has 2 atom stereocenters. The lowest BCUT2D eigenvalue weighted by molar-refractivity contribution is -0.135. The second kappa shape index (κ2) is 7.76. The molecule has 0 aliphatic carbocycles. The van der Waals surface area contributed by atoms with Crippen LogP contribution in [-0.2, 0) is 14.4 Å². The fraction of sp³-hybridized carbons (Fsp3) is 0.471. The first-order valence-corrected chi connectivity index (χ1v) is 7.83. The van der Waals surface area contributed by atoms with E-state index in [1.54, 1.807) is 6.92 Å². The summed E-state index contributed by atoms with van der Waals surface area (Å²) in [5.74, 6) is -0.164. The van der Waals surface area contributed by atoms with E-state index in [-0.39, 0.29) is 11.8 Å². The lowest BCUT2D eigenvalue weighted by atomic mass is 10.0. The first-order valence-electron chi connectivity index (χ1n) is 7.83. The zero-order valence-corrected chi connectivity index (χ0v) is 13.7. The molecule has 0 spiro atoms. The maximum Gasteiger partial charge on any atom is 0.264 e. The van der Waals surface area contributed by atoms with Gasteiger partial charge in [-0.2, -0.15) is 0 Å².